The summed E-state index contributed by atoms with van der Waals surface area (Å²) in [7, 11) is 2.86. The fourth-order valence-electron chi connectivity index (χ4n) is 2.64. The summed E-state index contributed by atoms with van der Waals surface area (Å²) < 4.78 is 15.2. The minimum atomic E-state index is -0.578. The van der Waals surface area contributed by atoms with Crippen LogP contribution in [0.4, 0.5) is 0 Å². The predicted molar refractivity (Wildman–Crippen MR) is 77.3 cm³/mol. The van der Waals surface area contributed by atoms with Crippen molar-refractivity contribution in [2.75, 3.05) is 20.8 Å². The first-order chi connectivity index (χ1) is 11.1. The number of carbonyl (C=O) groups excluding carboxylic acids is 2. The van der Waals surface area contributed by atoms with Gasteiger partial charge in [0.05, 0.1) is 13.2 Å². The Hall–Kier alpha value is -2.22. The molecule has 1 aliphatic heterocycles. The van der Waals surface area contributed by atoms with E-state index >= 15 is 0 Å². The molecule has 0 unspecified atom stereocenters. The monoisotopic (exact) mass is 321 g/mol. The summed E-state index contributed by atoms with van der Waals surface area (Å²) in [5.41, 5.74) is 0. The van der Waals surface area contributed by atoms with Crippen LogP contribution >= 0.6 is 0 Å². The maximum absolute atomic E-state index is 12.3. The van der Waals surface area contributed by atoms with Gasteiger partial charge in [0.1, 0.15) is 6.04 Å². The molecular formula is C15H19N3O5. The molecule has 1 aromatic rings. The van der Waals surface area contributed by atoms with Gasteiger partial charge in [-0.3, -0.25) is 4.79 Å². The lowest BCUT2D eigenvalue weighted by atomic mass is 10.2. The van der Waals surface area contributed by atoms with Crippen LogP contribution in [0.1, 0.15) is 42.9 Å². The molecule has 1 saturated carbocycles. The van der Waals surface area contributed by atoms with Crippen molar-refractivity contribution in [3.8, 4) is 0 Å². The van der Waals surface area contributed by atoms with Gasteiger partial charge >= 0.3 is 5.97 Å². The van der Waals surface area contributed by atoms with Crippen molar-refractivity contribution < 1.29 is 23.6 Å². The van der Waals surface area contributed by atoms with E-state index in [2.05, 4.69) is 14.9 Å². The van der Waals surface area contributed by atoms with Gasteiger partial charge in [-0.05, 0) is 12.8 Å². The SMILES string of the molecule is COC(=O)/C=C/C(=O)N1C[C@@H](OC)C[C@@H]1c1nc(C2CC2)no1. The highest BCUT2D eigenvalue weighted by Gasteiger charge is 2.40. The lowest BCUT2D eigenvalue weighted by Crippen LogP contribution is -2.30. The second-order valence-electron chi connectivity index (χ2n) is 5.72. The van der Waals surface area contributed by atoms with Crippen LogP contribution in [-0.4, -0.2) is 53.8 Å². The van der Waals surface area contributed by atoms with Crippen molar-refractivity contribution in [1.29, 1.82) is 0 Å². The van der Waals surface area contributed by atoms with Crippen LogP contribution in [0.2, 0.25) is 0 Å². The van der Waals surface area contributed by atoms with Crippen LogP contribution in [0.3, 0.4) is 0 Å². The maximum Gasteiger partial charge on any atom is 0.330 e. The molecule has 0 N–H and O–H groups in total. The van der Waals surface area contributed by atoms with Crippen LogP contribution in [-0.2, 0) is 19.1 Å². The van der Waals surface area contributed by atoms with Crippen molar-refractivity contribution in [3.05, 3.63) is 23.9 Å². The number of rotatable bonds is 5. The summed E-state index contributed by atoms with van der Waals surface area (Å²) in [6, 6.07) is -0.338. The van der Waals surface area contributed by atoms with Crippen LogP contribution in [0.15, 0.2) is 16.7 Å². The number of hydrogen-bond donors (Lipinski definition) is 0. The first-order valence-corrected chi connectivity index (χ1v) is 7.55. The fraction of sp³-hybridized carbons (Fsp3) is 0.600. The van der Waals surface area contributed by atoms with Gasteiger partial charge in [-0.15, -0.1) is 0 Å². The van der Waals surface area contributed by atoms with Crippen molar-refractivity contribution in [2.24, 2.45) is 0 Å². The highest BCUT2D eigenvalue weighted by Crippen LogP contribution is 2.40. The largest absolute Gasteiger partial charge is 0.466 e. The second kappa shape index (κ2) is 6.49. The molecule has 0 bridgehead atoms. The number of methoxy groups -OCH3 is 2. The van der Waals surface area contributed by atoms with Gasteiger partial charge in [0.15, 0.2) is 5.82 Å². The molecule has 8 heteroatoms. The molecule has 0 radical (unpaired) electrons. The van der Waals surface area contributed by atoms with E-state index in [4.69, 9.17) is 9.26 Å². The van der Waals surface area contributed by atoms with Gasteiger partial charge in [0, 0.05) is 38.1 Å². The summed E-state index contributed by atoms with van der Waals surface area (Å²) >= 11 is 0. The number of aromatic nitrogens is 2. The second-order valence-corrected chi connectivity index (χ2v) is 5.72. The van der Waals surface area contributed by atoms with Crippen LogP contribution in [0.25, 0.3) is 0 Å². The molecule has 2 heterocycles. The van der Waals surface area contributed by atoms with Gasteiger partial charge in [-0.1, -0.05) is 5.16 Å². The van der Waals surface area contributed by atoms with E-state index in [1.807, 2.05) is 0 Å². The zero-order valence-electron chi connectivity index (χ0n) is 13.1. The molecule has 3 rings (SSSR count). The van der Waals surface area contributed by atoms with E-state index < -0.39 is 5.97 Å². The van der Waals surface area contributed by atoms with Crippen molar-refractivity contribution in [3.63, 3.8) is 0 Å². The third-order valence-corrected chi connectivity index (χ3v) is 4.13. The lowest BCUT2D eigenvalue weighted by molar-refractivity contribution is -0.135. The maximum atomic E-state index is 12.3. The van der Waals surface area contributed by atoms with E-state index in [1.54, 1.807) is 12.0 Å². The van der Waals surface area contributed by atoms with Gasteiger partial charge in [-0.2, -0.15) is 4.98 Å². The summed E-state index contributed by atoms with van der Waals surface area (Å²) in [6.45, 7) is 0.409. The normalized spacial score (nSPS) is 24.3. The lowest BCUT2D eigenvalue weighted by Gasteiger charge is -2.19. The summed E-state index contributed by atoms with van der Waals surface area (Å²) in [5, 5.41) is 4.00. The van der Waals surface area contributed by atoms with E-state index in [0.717, 1.165) is 18.9 Å². The Kier molecular flexibility index (Phi) is 4.42. The smallest absolute Gasteiger partial charge is 0.330 e. The molecule has 2 atom stereocenters. The van der Waals surface area contributed by atoms with E-state index in [0.29, 0.717) is 30.6 Å². The van der Waals surface area contributed by atoms with Gasteiger partial charge in [0.2, 0.25) is 11.8 Å². The highest BCUT2D eigenvalue weighted by molar-refractivity contribution is 5.94. The van der Waals surface area contributed by atoms with Crippen molar-refractivity contribution >= 4 is 11.9 Å². The summed E-state index contributed by atoms with van der Waals surface area (Å²) in [4.78, 5) is 29.5. The van der Waals surface area contributed by atoms with Gasteiger partial charge < -0.3 is 18.9 Å². The average molecular weight is 321 g/mol. The molecule has 23 heavy (non-hydrogen) atoms. The molecule has 124 valence electrons. The standard InChI is InChI=1S/C15H19N3O5/c1-21-10-7-11(15-16-14(17-23-15)9-3-4-9)18(8-10)12(19)5-6-13(20)22-2/h5-6,9-11H,3-4,7-8H2,1-2H3/b6-5+/t10-,11+/m0/s1. The molecule has 1 saturated heterocycles. The van der Waals surface area contributed by atoms with E-state index in [9.17, 15) is 9.59 Å². The summed E-state index contributed by atoms with van der Waals surface area (Å²) in [5.74, 6) is 0.623. The van der Waals surface area contributed by atoms with Crippen molar-refractivity contribution in [2.45, 2.75) is 37.3 Å². The Bertz CT molecular complexity index is 622. The van der Waals surface area contributed by atoms with Crippen LogP contribution in [0.5, 0.6) is 0 Å². The molecule has 2 fully saturated rings. The number of amides is 1. The Morgan fingerprint density at radius 2 is 2.09 bits per heavy atom. The third-order valence-electron chi connectivity index (χ3n) is 4.13. The number of hydrogen-bond acceptors (Lipinski definition) is 7. The fourth-order valence-corrected chi connectivity index (χ4v) is 2.64. The molecule has 8 nitrogen and oxygen atoms in total. The predicted octanol–water partition coefficient (Wildman–Crippen LogP) is 0.965. The van der Waals surface area contributed by atoms with Gasteiger partial charge in [-0.25, -0.2) is 4.79 Å². The third kappa shape index (κ3) is 3.42. The molecule has 1 amide bonds. The Morgan fingerprint density at radius 3 is 2.74 bits per heavy atom. The first kappa shape index (κ1) is 15.7. The van der Waals surface area contributed by atoms with Gasteiger partial charge in [0.25, 0.3) is 0 Å². The van der Waals surface area contributed by atoms with E-state index in [1.165, 1.54) is 13.2 Å². The number of likely N-dealkylation sites (tertiary alicyclic amines) is 1. The number of carbonyl (C=O) groups is 2. The number of esters is 1. The molecule has 0 aromatic carbocycles. The molecule has 1 aromatic heterocycles. The Morgan fingerprint density at radius 1 is 1.30 bits per heavy atom. The van der Waals surface area contributed by atoms with E-state index in [-0.39, 0.29) is 18.1 Å². The molecule has 2 aliphatic rings. The average Bonchev–Trinajstić information content (AvgIpc) is 3.14. The van der Waals surface area contributed by atoms with Crippen LogP contribution < -0.4 is 0 Å². The minimum absolute atomic E-state index is 0.105. The minimum Gasteiger partial charge on any atom is -0.466 e. The molecule has 1 aliphatic carbocycles. The van der Waals surface area contributed by atoms with Crippen molar-refractivity contribution in [1.82, 2.24) is 15.0 Å². The first-order valence-electron chi connectivity index (χ1n) is 7.55. The summed E-state index contributed by atoms with van der Waals surface area (Å²) in [6.07, 6.45) is 4.93. The Balaban J connectivity index is 1.76. The topological polar surface area (TPSA) is 94.8 Å². The Labute approximate surface area is 133 Å². The highest BCUT2D eigenvalue weighted by atomic mass is 16.5. The number of ether oxygens (including phenoxy) is 2. The molecular weight excluding hydrogens is 302 g/mol. The molecule has 0 spiro atoms. The van der Waals surface area contributed by atoms with Crippen LogP contribution in [0, 0.1) is 0 Å². The quantitative estimate of drug-likeness (QED) is 0.589. The zero-order chi connectivity index (χ0) is 16.4. The zero-order valence-corrected chi connectivity index (χ0v) is 13.1. The number of nitrogens with zero attached hydrogens (tertiary/aromatic N) is 3.